The van der Waals surface area contributed by atoms with Crippen LogP contribution in [0.2, 0.25) is 0 Å². The molecule has 0 N–H and O–H groups in total. The number of hydrogen-bond donors (Lipinski definition) is 0. The summed E-state index contributed by atoms with van der Waals surface area (Å²) in [5.74, 6) is 0.236. The van der Waals surface area contributed by atoms with Crippen LogP contribution in [-0.2, 0) is 4.84 Å². The monoisotopic (exact) mass is 254 g/mol. The van der Waals surface area contributed by atoms with Crippen LogP contribution in [0.5, 0.6) is 0 Å². The standard InChI is InChI=1S/C10H11BrN2O/c1-6-10(7(2)14-13-6)8-3-9(11)5-12-4-8/h3-5,7,10H,1-2H3. The summed E-state index contributed by atoms with van der Waals surface area (Å²) >= 11 is 3.41. The lowest BCUT2D eigenvalue weighted by Gasteiger charge is -2.13. The molecule has 4 heteroatoms. The Kier molecular flexibility index (Phi) is 2.54. The Morgan fingerprint density at radius 1 is 1.43 bits per heavy atom. The third-order valence-electron chi connectivity index (χ3n) is 2.37. The molecule has 0 aromatic carbocycles. The second kappa shape index (κ2) is 3.69. The molecule has 74 valence electrons. The maximum atomic E-state index is 5.22. The molecule has 2 unspecified atom stereocenters. The first-order valence-corrected chi connectivity index (χ1v) is 5.28. The van der Waals surface area contributed by atoms with Crippen LogP contribution >= 0.6 is 15.9 Å². The molecule has 0 amide bonds. The Hall–Kier alpha value is -0.900. The minimum Gasteiger partial charge on any atom is -0.392 e. The lowest BCUT2D eigenvalue weighted by molar-refractivity contribution is 0.0904. The van der Waals surface area contributed by atoms with E-state index >= 15 is 0 Å². The van der Waals surface area contributed by atoms with E-state index in [1.54, 1.807) is 6.20 Å². The molecule has 0 radical (unpaired) electrons. The van der Waals surface area contributed by atoms with E-state index in [0.29, 0.717) is 0 Å². The van der Waals surface area contributed by atoms with E-state index in [4.69, 9.17) is 4.84 Å². The SMILES string of the molecule is CC1=NOC(C)C1c1cncc(Br)c1. The van der Waals surface area contributed by atoms with Crippen molar-refractivity contribution in [3.8, 4) is 0 Å². The molecule has 0 saturated carbocycles. The van der Waals surface area contributed by atoms with Gasteiger partial charge >= 0.3 is 0 Å². The Bertz CT molecular complexity index is 378. The van der Waals surface area contributed by atoms with Crippen molar-refractivity contribution in [3.63, 3.8) is 0 Å². The highest BCUT2D eigenvalue weighted by Gasteiger charge is 2.29. The van der Waals surface area contributed by atoms with Crippen LogP contribution in [0.4, 0.5) is 0 Å². The number of hydrogen-bond acceptors (Lipinski definition) is 3. The first-order chi connectivity index (χ1) is 6.68. The van der Waals surface area contributed by atoms with Crippen molar-refractivity contribution in [3.05, 3.63) is 28.5 Å². The van der Waals surface area contributed by atoms with E-state index in [2.05, 4.69) is 32.1 Å². The highest BCUT2D eigenvalue weighted by molar-refractivity contribution is 9.10. The van der Waals surface area contributed by atoms with Crippen LogP contribution in [0.15, 0.2) is 28.1 Å². The largest absolute Gasteiger partial charge is 0.392 e. The van der Waals surface area contributed by atoms with E-state index in [-0.39, 0.29) is 12.0 Å². The molecule has 2 heterocycles. The maximum absolute atomic E-state index is 5.22. The number of halogens is 1. The Morgan fingerprint density at radius 2 is 2.21 bits per heavy atom. The van der Waals surface area contributed by atoms with Gasteiger partial charge in [0.1, 0.15) is 6.10 Å². The highest BCUT2D eigenvalue weighted by atomic mass is 79.9. The summed E-state index contributed by atoms with van der Waals surface area (Å²) in [5.41, 5.74) is 2.16. The molecule has 3 nitrogen and oxygen atoms in total. The lowest BCUT2D eigenvalue weighted by Crippen LogP contribution is -2.16. The Balaban J connectivity index is 2.35. The van der Waals surface area contributed by atoms with Crippen molar-refractivity contribution in [1.29, 1.82) is 0 Å². The van der Waals surface area contributed by atoms with Gasteiger partial charge in [-0.3, -0.25) is 4.98 Å². The van der Waals surface area contributed by atoms with Gasteiger partial charge in [0.15, 0.2) is 0 Å². The zero-order valence-corrected chi connectivity index (χ0v) is 9.65. The van der Waals surface area contributed by atoms with E-state index < -0.39 is 0 Å². The van der Waals surface area contributed by atoms with Crippen LogP contribution < -0.4 is 0 Å². The maximum Gasteiger partial charge on any atom is 0.137 e. The molecular weight excluding hydrogens is 244 g/mol. The fraction of sp³-hybridized carbons (Fsp3) is 0.400. The Labute approximate surface area is 91.3 Å². The van der Waals surface area contributed by atoms with Crippen LogP contribution in [0.25, 0.3) is 0 Å². The summed E-state index contributed by atoms with van der Waals surface area (Å²) in [5, 5.41) is 3.98. The molecule has 2 atom stereocenters. The lowest BCUT2D eigenvalue weighted by atomic mass is 9.92. The van der Waals surface area contributed by atoms with Gasteiger partial charge in [-0.25, -0.2) is 0 Å². The summed E-state index contributed by atoms with van der Waals surface area (Å²) < 4.78 is 0.988. The molecular formula is C10H11BrN2O. The fourth-order valence-electron chi connectivity index (χ4n) is 1.73. The quantitative estimate of drug-likeness (QED) is 0.773. The van der Waals surface area contributed by atoms with Gasteiger partial charge in [0, 0.05) is 16.9 Å². The van der Waals surface area contributed by atoms with Crippen molar-refractivity contribution in [1.82, 2.24) is 4.98 Å². The molecule has 1 aliphatic heterocycles. The van der Waals surface area contributed by atoms with Crippen LogP contribution in [0.3, 0.4) is 0 Å². The van der Waals surface area contributed by atoms with Crippen molar-refractivity contribution in [2.45, 2.75) is 25.9 Å². The van der Waals surface area contributed by atoms with Gasteiger partial charge < -0.3 is 4.84 Å². The van der Waals surface area contributed by atoms with Crippen LogP contribution in [0, 0.1) is 0 Å². The zero-order chi connectivity index (χ0) is 10.1. The topological polar surface area (TPSA) is 34.5 Å². The number of pyridine rings is 1. The molecule has 0 fully saturated rings. The van der Waals surface area contributed by atoms with Crippen LogP contribution in [0.1, 0.15) is 25.3 Å². The average Bonchev–Trinajstić information content (AvgIpc) is 2.46. The van der Waals surface area contributed by atoms with E-state index in [0.717, 1.165) is 15.7 Å². The number of nitrogens with zero attached hydrogens (tertiary/aromatic N) is 2. The van der Waals surface area contributed by atoms with Gasteiger partial charge in [0.2, 0.25) is 0 Å². The van der Waals surface area contributed by atoms with E-state index in [9.17, 15) is 0 Å². The molecule has 0 spiro atoms. The zero-order valence-electron chi connectivity index (χ0n) is 8.07. The average molecular weight is 255 g/mol. The minimum absolute atomic E-state index is 0.103. The van der Waals surface area contributed by atoms with E-state index in [1.807, 2.05) is 20.0 Å². The van der Waals surface area contributed by atoms with Crippen molar-refractivity contribution in [2.24, 2.45) is 5.16 Å². The van der Waals surface area contributed by atoms with Gasteiger partial charge in [-0.1, -0.05) is 5.16 Å². The normalized spacial score (nSPS) is 25.8. The first kappa shape index (κ1) is 9.65. The summed E-state index contributed by atoms with van der Waals surface area (Å²) in [6.45, 7) is 4.00. The van der Waals surface area contributed by atoms with E-state index in [1.165, 1.54) is 0 Å². The molecule has 14 heavy (non-hydrogen) atoms. The predicted octanol–water partition coefficient (Wildman–Crippen LogP) is 2.72. The van der Waals surface area contributed by atoms with Gasteiger partial charge in [0.05, 0.1) is 11.6 Å². The van der Waals surface area contributed by atoms with Crippen molar-refractivity contribution in [2.75, 3.05) is 0 Å². The summed E-state index contributed by atoms with van der Waals surface area (Å²) in [4.78, 5) is 9.36. The smallest absolute Gasteiger partial charge is 0.137 e. The molecule has 1 aromatic heterocycles. The predicted molar refractivity (Wildman–Crippen MR) is 58.3 cm³/mol. The molecule has 1 aromatic rings. The minimum atomic E-state index is 0.103. The molecule has 0 bridgehead atoms. The van der Waals surface area contributed by atoms with Crippen molar-refractivity contribution < 1.29 is 4.84 Å². The Morgan fingerprint density at radius 3 is 2.79 bits per heavy atom. The van der Waals surface area contributed by atoms with Crippen LogP contribution in [-0.4, -0.2) is 16.8 Å². The fourth-order valence-corrected chi connectivity index (χ4v) is 2.12. The van der Waals surface area contributed by atoms with Gasteiger partial charge in [-0.05, 0) is 41.4 Å². The second-order valence-corrected chi connectivity index (χ2v) is 4.37. The summed E-state index contributed by atoms with van der Waals surface area (Å²) in [6.07, 6.45) is 3.74. The number of rotatable bonds is 1. The summed E-state index contributed by atoms with van der Waals surface area (Å²) in [7, 11) is 0. The molecule has 0 saturated heterocycles. The highest BCUT2D eigenvalue weighted by Crippen LogP contribution is 2.29. The molecule has 0 aliphatic carbocycles. The molecule has 1 aliphatic rings. The first-order valence-electron chi connectivity index (χ1n) is 4.49. The van der Waals surface area contributed by atoms with Gasteiger partial charge in [-0.15, -0.1) is 0 Å². The van der Waals surface area contributed by atoms with Gasteiger partial charge in [0.25, 0.3) is 0 Å². The third-order valence-corrected chi connectivity index (χ3v) is 2.80. The second-order valence-electron chi connectivity index (χ2n) is 3.46. The summed E-state index contributed by atoms with van der Waals surface area (Å²) in [6, 6.07) is 2.06. The number of aromatic nitrogens is 1. The van der Waals surface area contributed by atoms with Crippen molar-refractivity contribution >= 4 is 21.6 Å². The molecule has 2 rings (SSSR count). The third kappa shape index (κ3) is 1.66. The number of oxime groups is 1. The van der Waals surface area contributed by atoms with Gasteiger partial charge in [-0.2, -0.15) is 0 Å².